The largest absolute Gasteiger partial charge is 0.397 e. The van der Waals surface area contributed by atoms with Gasteiger partial charge in [0, 0.05) is 18.0 Å². The third kappa shape index (κ3) is 2.18. The maximum Gasteiger partial charge on any atom is 0.266 e. The van der Waals surface area contributed by atoms with E-state index in [0.717, 1.165) is 18.2 Å². The third-order valence-electron chi connectivity index (χ3n) is 3.33. The Kier molecular flexibility index (Phi) is 3.24. The van der Waals surface area contributed by atoms with Crippen molar-refractivity contribution in [3.63, 3.8) is 0 Å². The Morgan fingerprint density at radius 2 is 2.40 bits per heavy atom. The van der Waals surface area contributed by atoms with Gasteiger partial charge in [0.05, 0.1) is 24.4 Å². The SMILES string of the molecule is N#CCCN(C(=O)c1sc2nnccc2c1N)C1CC1. The van der Waals surface area contributed by atoms with Gasteiger partial charge in [-0.25, -0.2) is 0 Å². The zero-order valence-corrected chi connectivity index (χ0v) is 11.6. The molecule has 2 aromatic heterocycles. The van der Waals surface area contributed by atoms with Crippen molar-refractivity contribution < 1.29 is 4.79 Å². The van der Waals surface area contributed by atoms with Crippen molar-refractivity contribution in [3.8, 4) is 6.07 Å². The van der Waals surface area contributed by atoms with E-state index >= 15 is 0 Å². The van der Waals surface area contributed by atoms with Gasteiger partial charge in [-0.15, -0.1) is 16.4 Å². The van der Waals surface area contributed by atoms with Gasteiger partial charge in [0.1, 0.15) is 9.71 Å². The maximum atomic E-state index is 12.6. The molecule has 0 unspecified atom stereocenters. The summed E-state index contributed by atoms with van der Waals surface area (Å²) in [5.74, 6) is -0.0942. The highest BCUT2D eigenvalue weighted by molar-refractivity contribution is 7.21. The summed E-state index contributed by atoms with van der Waals surface area (Å²) in [6.07, 6.45) is 3.91. The summed E-state index contributed by atoms with van der Waals surface area (Å²) in [4.78, 5) is 15.6. The number of carbonyl (C=O) groups is 1. The first kappa shape index (κ1) is 12.8. The predicted molar refractivity (Wildman–Crippen MR) is 76.1 cm³/mol. The van der Waals surface area contributed by atoms with E-state index in [1.165, 1.54) is 11.3 Å². The molecule has 0 aromatic carbocycles. The first-order valence-electron chi connectivity index (χ1n) is 6.40. The van der Waals surface area contributed by atoms with Gasteiger partial charge in [0.15, 0.2) is 0 Å². The van der Waals surface area contributed by atoms with Crippen LogP contribution in [-0.4, -0.2) is 33.6 Å². The minimum Gasteiger partial charge on any atom is -0.397 e. The number of thiophene rings is 1. The second-order valence-corrected chi connectivity index (χ2v) is 5.73. The second-order valence-electron chi connectivity index (χ2n) is 4.73. The number of amides is 1. The van der Waals surface area contributed by atoms with Gasteiger partial charge in [0.2, 0.25) is 0 Å². The highest BCUT2D eigenvalue weighted by Crippen LogP contribution is 2.35. The third-order valence-corrected chi connectivity index (χ3v) is 4.42. The number of aromatic nitrogens is 2. The van der Waals surface area contributed by atoms with Crippen molar-refractivity contribution in [1.82, 2.24) is 15.1 Å². The number of hydrogen-bond donors (Lipinski definition) is 1. The number of nitrogens with two attached hydrogens (primary N) is 1. The number of hydrogen-bond acceptors (Lipinski definition) is 6. The summed E-state index contributed by atoms with van der Waals surface area (Å²) in [6, 6.07) is 4.11. The van der Waals surface area contributed by atoms with Gasteiger partial charge in [-0.2, -0.15) is 10.4 Å². The van der Waals surface area contributed by atoms with Crippen LogP contribution in [0.25, 0.3) is 10.2 Å². The maximum absolute atomic E-state index is 12.6. The lowest BCUT2D eigenvalue weighted by Gasteiger charge is -2.20. The molecule has 6 nitrogen and oxygen atoms in total. The molecule has 1 aliphatic rings. The molecule has 0 saturated heterocycles. The molecule has 0 bridgehead atoms. The van der Waals surface area contributed by atoms with Crippen molar-refractivity contribution in [2.24, 2.45) is 0 Å². The van der Waals surface area contributed by atoms with Crippen LogP contribution in [0.3, 0.4) is 0 Å². The minimum atomic E-state index is -0.0942. The van der Waals surface area contributed by atoms with Crippen LogP contribution < -0.4 is 5.73 Å². The number of nitrogens with zero attached hydrogens (tertiary/aromatic N) is 4. The van der Waals surface area contributed by atoms with Crippen LogP contribution in [0, 0.1) is 11.3 Å². The lowest BCUT2D eigenvalue weighted by atomic mass is 10.2. The number of anilines is 1. The van der Waals surface area contributed by atoms with Gasteiger partial charge in [-0.1, -0.05) is 0 Å². The van der Waals surface area contributed by atoms with E-state index in [4.69, 9.17) is 11.0 Å². The van der Waals surface area contributed by atoms with Crippen molar-refractivity contribution >= 4 is 33.1 Å². The zero-order chi connectivity index (χ0) is 14.1. The molecule has 102 valence electrons. The molecule has 2 aromatic rings. The van der Waals surface area contributed by atoms with E-state index in [1.807, 2.05) is 0 Å². The Morgan fingerprint density at radius 1 is 1.60 bits per heavy atom. The molecule has 0 aliphatic heterocycles. The fraction of sp³-hybridized carbons (Fsp3) is 0.385. The van der Waals surface area contributed by atoms with E-state index < -0.39 is 0 Å². The van der Waals surface area contributed by atoms with Crippen LogP contribution in [-0.2, 0) is 0 Å². The van der Waals surface area contributed by atoms with Crippen LogP contribution in [0.1, 0.15) is 28.9 Å². The fourth-order valence-corrected chi connectivity index (χ4v) is 3.16. The molecule has 1 amide bonds. The van der Waals surface area contributed by atoms with Crippen LogP contribution >= 0.6 is 11.3 Å². The Bertz CT molecular complexity index is 700. The molecular formula is C13H13N5OS. The van der Waals surface area contributed by atoms with Crippen molar-refractivity contribution in [2.45, 2.75) is 25.3 Å². The molecular weight excluding hydrogens is 274 g/mol. The quantitative estimate of drug-likeness (QED) is 0.924. The minimum absolute atomic E-state index is 0.0942. The Hall–Kier alpha value is -2.20. The first-order chi connectivity index (χ1) is 9.72. The summed E-state index contributed by atoms with van der Waals surface area (Å²) in [5, 5.41) is 17.3. The average molecular weight is 287 g/mol. The molecule has 3 rings (SSSR count). The number of carbonyl (C=O) groups excluding carboxylic acids is 1. The molecule has 20 heavy (non-hydrogen) atoms. The normalized spacial score (nSPS) is 14.2. The molecule has 1 aliphatic carbocycles. The molecule has 0 spiro atoms. The van der Waals surface area contributed by atoms with E-state index in [2.05, 4.69) is 16.3 Å². The summed E-state index contributed by atoms with van der Waals surface area (Å²) < 4.78 is 0. The van der Waals surface area contributed by atoms with E-state index in [-0.39, 0.29) is 11.9 Å². The Labute approximate surface area is 119 Å². The van der Waals surface area contributed by atoms with E-state index in [1.54, 1.807) is 17.2 Å². The van der Waals surface area contributed by atoms with Crippen LogP contribution in [0.4, 0.5) is 5.69 Å². The highest BCUT2D eigenvalue weighted by atomic mass is 32.1. The lowest BCUT2D eigenvalue weighted by molar-refractivity contribution is 0.0753. The molecule has 2 heterocycles. The van der Waals surface area contributed by atoms with Crippen molar-refractivity contribution in [2.75, 3.05) is 12.3 Å². The van der Waals surface area contributed by atoms with Gasteiger partial charge in [-0.3, -0.25) is 4.79 Å². The summed E-state index contributed by atoms with van der Waals surface area (Å²) >= 11 is 1.27. The Morgan fingerprint density at radius 3 is 3.05 bits per heavy atom. The van der Waals surface area contributed by atoms with Gasteiger partial charge < -0.3 is 10.6 Å². The topological polar surface area (TPSA) is 95.9 Å². The molecule has 1 saturated carbocycles. The predicted octanol–water partition coefficient (Wildman–Crippen LogP) is 1.79. The molecule has 0 atom stereocenters. The number of fused-ring (bicyclic) bond motifs is 1. The molecule has 0 radical (unpaired) electrons. The monoisotopic (exact) mass is 287 g/mol. The average Bonchev–Trinajstić information content (AvgIpc) is 3.24. The molecule has 2 N–H and O–H groups in total. The molecule has 7 heteroatoms. The fourth-order valence-electron chi connectivity index (χ4n) is 2.17. The van der Waals surface area contributed by atoms with Gasteiger partial charge in [-0.05, 0) is 18.9 Å². The van der Waals surface area contributed by atoms with Crippen LogP contribution in [0.5, 0.6) is 0 Å². The zero-order valence-electron chi connectivity index (χ0n) is 10.7. The van der Waals surface area contributed by atoms with Crippen LogP contribution in [0.2, 0.25) is 0 Å². The van der Waals surface area contributed by atoms with Gasteiger partial charge >= 0.3 is 0 Å². The number of nitriles is 1. The van der Waals surface area contributed by atoms with Crippen molar-refractivity contribution in [1.29, 1.82) is 5.26 Å². The first-order valence-corrected chi connectivity index (χ1v) is 7.21. The summed E-state index contributed by atoms with van der Waals surface area (Å²) in [5.41, 5.74) is 6.52. The second kappa shape index (κ2) is 5.06. The van der Waals surface area contributed by atoms with E-state index in [9.17, 15) is 4.79 Å². The van der Waals surface area contributed by atoms with Gasteiger partial charge in [0.25, 0.3) is 5.91 Å². The lowest BCUT2D eigenvalue weighted by Crippen LogP contribution is -2.33. The Balaban J connectivity index is 1.94. The van der Waals surface area contributed by atoms with Crippen LogP contribution in [0.15, 0.2) is 12.3 Å². The van der Waals surface area contributed by atoms with Crippen molar-refractivity contribution in [3.05, 3.63) is 17.1 Å². The standard InChI is InChI=1S/C13H13N5OS/c14-5-1-7-18(8-2-3-8)13(19)11-10(15)9-4-6-16-17-12(9)20-11/h4,6,8H,1-3,7,15H2. The highest BCUT2D eigenvalue weighted by Gasteiger charge is 2.34. The number of rotatable bonds is 4. The summed E-state index contributed by atoms with van der Waals surface area (Å²) in [7, 11) is 0. The van der Waals surface area contributed by atoms with E-state index in [0.29, 0.717) is 28.4 Å². The smallest absolute Gasteiger partial charge is 0.266 e. The molecule has 1 fully saturated rings. The summed E-state index contributed by atoms with van der Waals surface area (Å²) in [6.45, 7) is 0.458. The number of nitrogen functional groups attached to an aromatic ring is 1.